The number of aromatic nitrogens is 3. The Morgan fingerprint density at radius 3 is 2.86 bits per heavy atom. The largest absolute Gasteiger partial charge is 0.323 e. The maximum atomic E-state index is 12.4. The predicted octanol–water partition coefficient (Wildman–Crippen LogP) is 3.09. The van der Waals surface area contributed by atoms with Crippen LogP contribution in [0.25, 0.3) is 0 Å². The summed E-state index contributed by atoms with van der Waals surface area (Å²) in [7, 11) is 0. The van der Waals surface area contributed by atoms with Crippen LogP contribution in [0.15, 0.2) is 36.9 Å². The van der Waals surface area contributed by atoms with Gasteiger partial charge in [0.1, 0.15) is 0 Å². The summed E-state index contributed by atoms with van der Waals surface area (Å²) in [6, 6.07) is 3.92. The van der Waals surface area contributed by atoms with E-state index >= 15 is 0 Å². The van der Waals surface area contributed by atoms with E-state index in [0.717, 1.165) is 30.5 Å². The van der Waals surface area contributed by atoms with Gasteiger partial charge in [0.2, 0.25) is 5.91 Å². The fourth-order valence-corrected chi connectivity index (χ4v) is 3.23. The fourth-order valence-electron chi connectivity index (χ4n) is 3.23. The van der Waals surface area contributed by atoms with Crippen LogP contribution in [-0.2, 0) is 11.3 Å². The Labute approximate surface area is 130 Å². The summed E-state index contributed by atoms with van der Waals surface area (Å²) < 4.78 is 1.82. The number of amides is 1. The van der Waals surface area contributed by atoms with Crippen molar-refractivity contribution in [2.45, 2.75) is 39.7 Å². The number of nitrogens with zero attached hydrogens (tertiary/aromatic N) is 3. The van der Waals surface area contributed by atoms with Gasteiger partial charge in [-0.25, -0.2) is 0 Å². The molecule has 1 atom stereocenters. The molecule has 2 aromatic rings. The van der Waals surface area contributed by atoms with Crippen LogP contribution in [0.1, 0.15) is 38.7 Å². The summed E-state index contributed by atoms with van der Waals surface area (Å²) in [6.07, 6.45) is 10.3. The lowest BCUT2D eigenvalue weighted by Crippen LogP contribution is -2.30. The molecule has 0 spiro atoms. The quantitative estimate of drug-likeness (QED) is 0.943. The van der Waals surface area contributed by atoms with E-state index in [1.165, 1.54) is 0 Å². The average Bonchev–Trinajstić information content (AvgIpc) is 3.06. The fraction of sp³-hybridized carbons (Fsp3) is 0.471. The highest BCUT2D eigenvalue weighted by atomic mass is 16.1. The molecule has 0 bridgehead atoms. The van der Waals surface area contributed by atoms with Gasteiger partial charge in [-0.2, -0.15) is 5.10 Å². The Hall–Kier alpha value is -2.17. The summed E-state index contributed by atoms with van der Waals surface area (Å²) in [4.78, 5) is 16.4. The first-order chi connectivity index (χ1) is 10.5. The van der Waals surface area contributed by atoms with Crippen molar-refractivity contribution in [3.8, 4) is 0 Å². The molecule has 0 radical (unpaired) electrons. The number of nitrogens with one attached hydrogen (secondary N) is 1. The summed E-state index contributed by atoms with van der Waals surface area (Å²) in [5, 5.41) is 7.32. The van der Waals surface area contributed by atoms with E-state index in [1.54, 1.807) is 18.6 Å². The molecule has 22 heavy (non-hydrogen) atoms. The minimum atomic E-state index is 0.0936. The third kappa shape index (κ3) is 3.18. The predicted molar refractivity (Wildman–Crippen MR) is 85.3 cm³/mol. The standard InChI is InChI=1S/C17H22N4O/c1-17(2)7-3-4-15(17)16(22)20-14-10-19-21(12-14)11-13-5-8-18-9-6-13/h5-6,8-10,12,15H,3-4,7,11H2,1-2H3,(H,20,22). The van der Waals surface area contributed by atoms with Gasteiger partial charge in [0, 0.05) is 24.5 Å². The number of pyridine rings is 1. The van der Waals surface area contributed by atoms with Crippen LogP contribution >= 0.6 is 0 Å². The molecule has 2 aromatic heterocycles. The van der Waals surface area contributed by atoms with Crippen LogP contribution in [-0.4, -0.2) is 20.7 Å². The summed E-state index contributed by atoms with van der Waals surface area (Å²) in [5.74, 6) is 0.210. The van der Waals surface area contributed by atoms with E-state index in [1.807, 2.05) is 23.0 Å². The van der Waals surface area contributed by atoms with Crippen molar-refractivity contribution in [2.75, 3.05) is 5.32 Å². The molecule has 1 amide bonds. The topological polar surface area (TPSA) is 59.8 Å². The van der Waals surface area contributed by atoms with Crippen LogP contribution in [0.4, 0.5) is 5.69 Å². The van der Waals surface area contributed by atoms with Crippen molar-refractivity contribution in [1.82, 2.24) is 14.8 Å². The maximum absolute atomic E-state index is 12.4. The number of rotatable bonds is 4. The molecule has 1 unspecified atom stereocenters. The van der Waals surface area contributed by atoms with E-state index in [-0.39, 0.29) is 17.2 Å². The number of anilines is 1. The van der Waals surface area contributed by atoms with E-state index < -0.39 is 0 Å². The highest BCUT2D eigenvalue weighted by Crippen LogP contribution is 2.42. The first kappa shape index (κ1) is 14.8. The van der Waals surface area contributed by atoms with Gasteiger partial charge in [-0.05, 0) is 36.0 Å². The van der Waals surface area contributed by atoms with E-state index in [4.69, 9.17) is 0 Å². The van der Waals surface area contributed by atoms with Crippen molar-refractivity contribution in [3.05, 3.63) is 42.5 Å². The molecule has 0 aromatic carbocycles. The zero-order chi connectivity index (χ0) is 15.6. The Morgan fingerprint density at radius 1 is 1.41 bits per heavy atom. The maximum Gasteiger partial charge on any atom is 0.228 e. The van der Waals surface area contributed by atoms with Gasteiger partial charge < -0.3 is 5.32 Å². The highest BCUT2D eigenvalue weighted by Gasteiger charge is 2.39. The minimum Gasteiger partial charge on any atom is -0.323 e. The second kappa shape index (κ2) is 5.91. The number of hydrogen-bond donors (Lipinski definition) is 1. The second-order valence-corrected chi connectivity index (χ2v) is 6.70. The Morgan fingerprint density at radius 2 is 2.18 bits per heavy atom. The molecule has 116 valence electrons. The normalized spacial score (nSPS) is 20.0. The zero-order valence-electron chi connectivity index (χ0n) is 13.1. The van der Waals surface area contributed by atoms with E-state index in [9.17, 15) is 4.79 Å². The van der Waals surface area contributed by atoms with Gasteiger partial charge in [0.25, 0.3) is 0 Å². The molecule has 1 N–H and O–H groups in total. The van der Waals surface area contributed by atoms with Gasteiger partial charge in [-0.1, -0.05) is 20.3 Å². The molecular weight excluding hydrogens is 276 g/mol. The lowest BCUT2D eigenvalue weighted by atomic mass is 9.81. The molecule has 1 aliphatic carbocycles. The number of carbonyl (C=O) groups excluding carboxylic acids is 1. The molecular formula is C17H22N4O. The van der Waals surface area contributed by atoms with Gasteiger partial charge in [0.15, 0.2) is 0 Å². The van der Waals surface area contributed by atoms with Gasteiger partial charge in [-0.3, -0.25) is 14.5 Å². The lowest BCUT2D eigenvalue weighted by molar-refractivity contribution is -0.122. The Bertz CT molecular complexity index is 648. The van der Waals surface area contributed by atoms with Crippen molar-refractivity contribution < 1.29 is 4.79 Å². The van der Waals surface area contributed by atoms with Gasteiger partial charge in [0.05, 0.1) is 18.4 Å². The van der Waals surface area contributed by atoms with Gasteiger partial charge >= 0.3 is 0 Å². The number of hydrogen-bond acceptors (Lipinski definition) is 3. The molecule has 3 rings (SSSR count). The van der Waals surface area contributed by atoms with Crippen LogP contribution in [0.2, 0.25) is 0 Å². The third-order valence-corrected chi connectivity index (χ3v) is 4.57. The van der Waals surface area contributed by atoms with Crippen molar-refractivity contribution in [1.29, 1.82) is 0 Å². The molecule has 0 saturated heterocycles. The molecule has 1 fully saturated rings. The first-order valence-corrected chi connectivity index (χ1v) is 7.77. The molecule has 2 heterocycles. The van der Waals surface area contributed by atoms with Crippen molar-refractivity contribution in [3.63, 3.8) is 0 Å². The Kier molecular flexibility index (Phi) is 3.96. The monoisotopic (exact) mass is 298 g/mol. The second-order valence-electron chi connectivity index (χ2n) is 6.70. The smallest absolute Gasteiger partial charge is 0.228 e. The van der Waals surface area contributed by atoms with Crippen LogP contribution in [0.3, 0.4) is 0 Å². The van der Waals surface area contributed by atoms with Crippen LogP contribution in [0.5, 0.6) is 0 Å². The minimum absolute atomic E-state index is 0.0936. The lowest BCUT2D eigenvalue weighted by Gasteiger charge is -2.25. The summed E-state index contributed by atoms with van der Waals surface area (Å²) in [6.45, 7) is 5.03. The first-order valence-electron chi connectivity index (χ1n) is 7.77. The van der Waals surface area contributed by atoms with Gasteiger partial charge in [-0.15, -0.1) is 0 Å². The average molecular weight is 298 g/mol. The third-order valence-electron chi connectivity index (χ3n) is 4.57. The SMILES string of the molecule is CC1(C)CCCC1C(=O)Nc1cnn(Cc2ccncc2)c1. The molecule has 5 heteroatoms. The number of carbonyl (C=O) groups is 1. The molecule has 5 nitrogen and oxygen atoms in total. The van der Waals surface area contributed by atoms with E-state index in [0.29, 0.717) is 6.54 Å². The molecule has 0 aliphatic heterocycles. The summed E-state index contributed by atoms with van der Waals surface area (Å²) in [5.41, 5.74) is 1.99. The summed E-state index contributed by atoms with van der Waals surface area (Å²) >= 11 is 0. The highest BCUT2D eigenvalue weighted by molar-refractivity contribution is 5.93. The van der Waals surface area contributed by atoms with Crippen molar-refractivity contribution in [2.24, 2.45) is 11.3 Å². The zero-order valence-corrected chi connectivity index (χ0v) is 13.1. The molecule has 1 saturated carbocycles. The van der Waals surface area contributed by atoms with E-state index in [2.05, 4.69) is 29.2 Å². The Balaban J connectivity index is 1.63. The van der Waals surface area contributed by atoms with Crippen molar-refractivity contribution >= 4 is 11.6 Å². The van der Waals surface area contributed by atoms with Crippen LogP contribution < -0.4 is 5.32 Å². The molecule has 1 aliphatic rings. The van der Waals surface area contributed by atoms with Crippen LogP contribution in [0, 0.1) is 11.3 Å².